The highest BCUT2D eigenvalue weighted by atomic mass is 16.5. The average Bonchev–Trinajstić information content (AvgIpc) is 2.27. The first-order valence-electron chi connectivity index (χ1n) is 5.00. The van der Waals surface area contributed by atoms with E-state index in [9.17, 15) is 4.79 Å². The summed E-state index contributed by atoms with van der Waals surface area (Å²) in [5, 5.41) is 0. The minimum absolute atomic E-state index is 0.301. The lowest BCUT2D eigenvalue weighted by molar-refractivity contribution is -0.118. The molecule has 0 N–H and O–H groups in total. The van der Waals surface area contributed by atoms with Crippen LogP contribution in [0.1, 0.15) is 17.5 Å². The van der Waals surface area contributed by atoms with Gasteiger partial charge in [-0.1, -0.05) is 6.07 Å². The van der Waals surface area contributed by atoms with Gasteiger partial charge in [0, 0.05) is 18.4 Å². The molecule has 1 aliphatic carbocycles. The van der Waals surface area contributed by atoms with Gasteiger partial charge < -0.3 is 9.47 Å². The normalized spacial score (nSPS) is 14.7. The van der Waals surface area contributed by atoms with E-state index in [0.29, 0.717) is 18.6 Å². The lowest BCUT2D eigenvalue weighted by Crippen LogP contribution is -2.14. The fourth-order valence-corrected chi connectivity index (χ4v) is 2.04. The zero-order chi connectivity index (χ0) is 10.8. The molecule has 0 fully saturated rings. The Labute approximate surface area is 89.0 Å². The van der Waals surface area contributed by atoms with Gasteiger partial charge >= 0.3 is 0 Å². The predicted octanol–water partition coefficient (Wildman–Crippen LogP) is 1.76. The Morgan fingerprint density at radius 2 is 1.93 bits per heavy atom. The van der Waals surface area contributed by atoms with Gasteiger partial charge in [-0.15, -0.1) is 0 Å². The van der Waals surface area contributed by atoms with Gasteiger partial charge in [0.1, 0.15) is 5.78 Å². The number of methoxy groups -OCH3 is 2. The van der Waals surface area contributed by atoms with Crippen molar-refractivity contribution in [3.63, 3.8) is 0 Å². The van der Waals surface area contributed by atoms with Crippen LogP contribution in [0, 0.1) is 0 Å². The summed E-state index contributed by atoms with van der Waals surface area (Å²) in [6, 6.07) is 3.81. The molecule has 0 bridgehead atoms. The number of Topliss-reactive ketones (excluding diaryl/α,β-unsaturated/α-hetero) is 1. The molecular weight excluding hydrogens is 192 g/mol. The molecule has 0 saturated carbocycles. The zero-order valence-electron chi connectivity index (χ0n) is 9.00. The minimum Gasteiger partial charge on any atom is -0.493 e. The van der Waals surface area contributed by atoms with Crippen molar-refractivity contribution in [2.24, 2.45) is 0 Å². The van der Waals surface area contributed by atoms with Gasteiger partial charge in [-0.05, 0) is 18.1 Å². The maximum atomic E-state index is 11.3. The third-order valence-corrected chi connectivity index (χ3v) is 2.79. The van der Waals surface area contributed by atoms with E-state index >= 15 is 0 Å². The van der Waals surface area contributed by atoms with Crippen molar-refractivity contribution in [2.75, 3.05) is 14.2 Å². The molecule has 0 aromatic heterocycles. The van der Waals surface area contributed by atoms with Gasteiger partial charge in [0.25, 0.3) is 0 Å². The van der Waals surface area contributed by atoms with Crippen molar-refractivity contribution in [1.29, 1.82) is 0 Å². The number of ketones is 1. The molecule has 0 atom stereocenters. The predicted molar refractivity (Wildman–Crippen MR) is 56.6 cm³/mol. The highest BCUT2D eigenvalue weighted by Crippen LogP contribution is 2.36. The minimum atomic E-state index is 0.301. The molecule has 0 radical (unpaired) electrons. The molecule has 0 aliphatic heterocycles. The van der Waals surface area contributed by atoms with E-state index in [0.717, 1.165) is 29.0 Å². The molecule has 1 aromatic rings. The first kappa shape index (κ1) is 10.0. The molecule has 0 unspecified atom stereocenters. The summed E-state index contributed by atoms with van der Waals surface area (Å²) in [4.78, 5) is 11.3. The van der Waals surface area contributed by atoms with E-state index in [-0.39, 0.29) is 0 Å². The molecule has 3 nitrogen and oxygen atoms in total. The van der Waals surface area contributed by atoms with Crippen molar-refractivity contribution in [1.82, 2.24) is 0 Å². The van der Waals surface area contributed by atoms with E-state index < -0.39 is 0 Å². The Morgan fingerprint density at radius 3 is 2.60 bits per heavy atom. The van der Waals surface area contributed by atoms with Crippen LogP contribution in [0.5, 0.6) is 11.5 Å². The number of benzene rings is 1. The maximum Gasteiger partial charge on any atom is 0.164 e. The van der Waals surface area contributed by atoms with Gasteiger partial charge in [0.05, 0.1) is 14.2 Å². The van der Waals surface area contributed by atoms with E-state index in [1.165, 1.54) is 0 Å². The Kier molecular flexibility index (Phi) is 2.62. The smallest absolute Gasteiger partial charge is 0.164 e. The van der Waals surface area contributed by atoms with Gasteiger partial charge in [-0.3, -0.25) is 4.79 Å². The lowest BCUT2D eigenvalue weighted by atomic mass is 9.90. The molecule has 15 heavy (non-hydrogen) atoms. The molecule has 3 heteroatoms. The number of carbonyl (C=O) groups is 1. The maximum absolute atomic E-state index is 11.3. The van der Waals surface area contributed by atoms with Crippen LogP contribution in [0.15, 0.2) is 12.1 Å². The SMILES string of the molecule is COc1ccc2c(c1OC)CCC(=O)C2. The van der Waals surface area contributed by atoms with Gasteiger partial charge in [0.2, 0.25) is 0 Å². The molecule has 0 amide bonds. The van der Waals surface area contributed by atoms with Crippen molar-refractivity contribution >= 4 is 5.78 Å². The number of hydrogen-bond acceptors (Lipinski definition) is 3. The lowest BCUT2D eigenvalue weighted by Gasteiger charge is -2.19. The van der Waals surface area contributed by atoms with Crippen molar-refractivity contribution in [3.8, 4) is 11.5 Å². The Bertz CT molecular complexity index is 396. The van der Waals surface area contributed by atoms with Crippen molar-refractivity contribution < 1.29 is 14.3 Å². The fraction of sp³-hybridized carbons (Fsp3) is 0.417. The van der Waals surface area contributed by atoms with Crippen LogP contribution in [-0.4, -0.2) is 20.0 Å². The topological polar surface area (TPSA) is 35.5 Å². The standard InChI is InChI=1S/C12H14O3/c1-14-11-6-3-8-7-9(13)4-5-10(8)12(11)15-2/h3,6H,4-5,7H2,1-2H3. The summed E-state index contributed by atoms with van der Waals surface area (Å²) in [7, 11) is 3.26. The van der Waals surface area contributed by atoms with Crippen LogP contribution in [0.3, 0.4) is 0 Å². The monoisotopic (exact) mass is 206 g/mol. The van der Waals surface area contributed by atoms with Crippen LogP contribution in [0.25, 0.3) is 0 Å². The van der Waals surface area contributed by atoms with Gasteiger partial charge in [-0.25, -0.2) is 0 Å². The summed E-state index contributed by atoms with van der Waals surface area (Å²) in [6.07, 6.45) is 1.89. The molecule has 1 aromatic carbocycles. The summed E-state index contributed by atoms with van der Waals surface area (Å²) >= 11 is 0. The summed E-state index contributed by atoms with van der Waals surface area (Å²) < 4.78 is 10.6. The second kappa shape index (κ2) is 3.93. The van der Waals surface area contributed by atoms with Crippen LogP contribution >= 0.6 is 0 Å². The Morgan fingerprint density at radius 1 is 1.13 bits per heavy atom. The molecule has 80 valence electrons. The largest absolute Gasteiger partial charge is 0.493 e. The second-order valence-corrected chi connectivity index (χ2v) is 3.65. The Hall–Kier alpha value is -1.51. The zero-order valence-corrected chi connectivity index (χ0v) is 9.00. The van der Waals surface area contributed by atoms with Crippen LogP contribution < -0.4 is 9.47 Å². The molecule has 2 rings (SSSR count). The summed E-state index contributed by atoms with van der Waals surface area (Å²) in [6.45, 7) is 0. The quantitative estimate of drug-likeness (QED) is 0.739. The third kappa shape index (κ3) is 1.69. The average molecular weight is 206 g/mol. The third-order valence-electron chi connectivity index (χ3n) is 2.79. The van der Waals surface area contributed by atoms with E-state index in [4.69, 9.17) is 9.47 Å². The van der Waals surface area contributed by atoms with Crippen molar-refractivity contribution in [2.45, 2.75) is 19.3 Å². The number of fused-ring (bicyclic) bond motifs is 1. The number of hydrogen-bond donors (Lipinski definition) is 0. The molecule has 0 heterocycles. The molecule has 0 spiro atoms. The van der Waals surface area contributed by atoms with E-state index in [1.54, 1.807) is 14.2 Å². The van der Waals surface area contributed by atoms with Crippen LogP contribution in [-0.2, 0) is 17.6 Å². The number of carbonyl (C=O) groups excluding carboxylic acids is 1. The van der Waals surface area contributed by atoms with Crippen LogP contribution in [0.4, 0.5) is 0 Å². The molecule has 1 aliphatic rings. The van der Waals surface area contributed by atoms with Crippen molar-refractivity contribution in [3.05, 3.63) is 23.3 Å². The summed E-state index contributed by atoms with van der Waals surface area (Å²) in [5.41, 5.74) is 2.19. The first-order chi connectivity index (χ1) is 7.26. The van der Waals surface area contributed by atoms with Gasteiger partial charge in [0.15, 0.2) is 11.5 Å². The van der Waals surface area contributed by atoms with Crippen LogP contribution in [0.2, 0.25) is 0 Å². The number of ether oxygens (including phenoxy) is 2. The molecular formula is C12H14O3. The molecule has 0 saturated heterocycles. The Balaban J connectivity index is 2.50. The van der Waals surface area contributed by atoms with E-state index in [2.05, 4.69) is 0 Å². The fourth-order valence-electron chi connectivity index (χ4n) is 2.04. The van der Waals surface area contributed by atoms with Gasteiger partial charge in [-0.2, -0.15) is 0 Å². The summed E-state index contributed by atoms with van der Waals surface area (Å²) in [5.74, 6) is 1.82. The van der Waals surface area contributed by atoms with E-state index in [1.807, 2.05) is 12.1 Å². The number of rotatable bonds is 2. The second-order valence-electron chi connectivity index (χ2n) is 3.65. The highest BCUT2D eigenvalue weighted by Gasteiger charge is 2.21. The highest BCUT2D eigenvalue weighted by molar-refractivity contribution is 5.84. The first-order valence-corrected chi connectivity index (χ1v) is 5.00.